The zero-order valence-electron chi connectivity index (χ0n) is 15.2. The molecule has 0 radical (unpaired) electrons. The average molecular weight is 356 g/mol. The van der Waals surface area contributed by atoms with Crippen molar-refractivity contribution < 1.29 is 19.4 Å². The number of rotatable bonds is 13. The lowest BCUT2D eigenvalue weighted by Crippen LogP contribution is -2.16. The summed E-state index contributed by atoms with van der Waals surface area (Å²) in [7, 11) is 0. The van der Waals surface area contributed by atoms with Crippen molar-refractivity contribution in [3.8, 4) is 0 Å². The molecule has 0 saturated carbocycles. The van der Waals surface area contributed by atoms with Crippen LogP contribution in [-0.4, -0.2) is 23.8 Å². The van der Waals surface area contributed by atoms with Gasteiger partial charge in [0.25, 0.3) is 0 Å². The molecule has 0 heterocycles. The molecule has 1 N–H and O–H groups in total. The molecule has 2 rings (SSSR count). The largest absolute Gasteiger partial charge is 0.481 e. The highest BCUT2D eigenvalue weighted by molar-refractivity contribution is 5.66. The van der Waals surface area contributed by atoms with Gasteiger partial charge in [-0.3, -0.25) is 4.79 Å². The molecule has 0 bridgehead atoms. The molecule has 0 spiro atoms. The van der Waals surface area contributed by atoms with Gasteiger partial charge >= 0.3 is 5.97 Å². The zero-order valence-corrected chi connectivity index (χ0v) is 15.2. The first-order valence-corrected chi connectivity index (χ1v) is 9.23. The molecule has 0 aliphatic heterocycles. The molecule has 2 aromatic rings. The Morgan fingerprint density at radius 2 is 1.46 bits per heavy atom. The van der Waals surface area contributed by atoms with E-state index < -0.39 is 5.97 Å². The van der Waals surface area contributed by atoms with Gasteiger partial charge < -0.3 is 14.6 Å². The van der Waals surface area contributed by atoms with Gasteiger partial charge in [0.1, 0.15) is 0 Å². The van der Waals surface area contributed by atoms with Crippen LogP contribution < -0.4 is 0 Å². The number of carboxylic acids is 1. The van der Waals surface area contributed by atoms with E-state index in [2.05, 4.69) is 12.1 Å². The molecular weight excluding hydrogens is 328 g/mol. The van der Waals surface area contributed by atoms with Crippen LogP contribution in [-0.2, 0) is 27.5 Å². The molecule has 0 saturated heterocycles. The third-order valence-electron chi connectivity index (χ3n) is 4.19. The van der Waals surface area contributed by atoms with E-state index in [-0.39, 0.29) is 12.5 Å². The highest BCUT2D eigenvalue weighted by atomic mass is 16.5. The SMILES string of the molecule is O=C(O)CCCCC(CCOCc1ccccc1)OCc1ccccc1. The standard InChI is InChI=1S/C22H28O4/c23-22(24)14-8-7-13-21(26-18-20-11-5-2-6-12-20)15-16-25-17-19-9-3-1-4-10-19/h1-6,9-12,21H,7-8,13-18H2,(H,23,24). The predicted octanol–water partition coefficient (Wildman–Crippen LogP) is 4.82. The first-order valence-electron chi connectivity index (χ1n) is 9.23. The van der Waals surface area contributed by atoms with E-state index >= 15 is 0 Å². The fraction of sp³-hybridized carbons (Fsp3) is 0.409. The van der Waals surface area contributed by atoms with Gasteiger partial charge in [0.15, 0.2) is 0 Å². The number of aliphatic carboxylic acids is 1. The molecule has 26 heavy (non-hydrogen) atoms. The normalized spacial score (nSPS) is 12.0. The highest BCUT2D eigenvalue weighted by Crippen LogP contribution is 2.14. The van der Waals surface area contributed by atoms with Crippen molar-refractivity contribution in [2.75, 3.05) is 6.61 Å². The Hall–Kier alpha value is -2.17. The first-order chi connectivity index (χ1) is 12.7. The van der Waals surface area contributed by atoms with Gasteiger partial charge in [-0.2, -0.15) is 0 Å². The Bertz CT molecular complexity index is 613. The summed E-state index contributed by atoms with van der Waals surface area (Å²) in [5.41, 5.74) is 2.31. The van der Waals surface area contributed by atoms with E-state index in [1.807, 2.05) is 48.5 Å². The van der Waals surface area contributed by atoms with E-state index in [0.717, 1.165) is 30.4 Å². The number of benzene rings is 2. The molecule has 0 aromatic heterocycles. The molecule has 4 nitrogen and oxygen atoms in total. The second kappa shape index (κ2) is 12.2. The number of carboxylic acid groups (broad SMARTS) is 1. The van der Waals surface area contributed by atoms with Crippen LogP contribution in [0.4, 0.5) is 0 Å². The Labute approximate surface area is 155 Å². The third kappa shape index (κ3) is 8.79. The molecular formula is C22H28O4. The van der Waals surface area contributed by atoms with Gasteiger partial charge in [0, 0.05) is 13.0 Å². The summed E-state index contributed by atoms with van der Waals surface area (Å²) >= 11 is 0. The number of hydrogen-bond donors (Lipinski definition) is 1. The molecule has 0 fully saturated rings. The van der Waals surface area contributed by atoms with Crippen molar-refractivity contribution in [1.29, 1.82) is 0 Å². The van der Waals surface area contributed by atoms with Crippen molar-refractivity contribution in [3.05, 3.63) is 71.8 Å². The molecule has 2 aromatic carbocycles. The van der Waals surface area contributed by atoms with Gasteiger partial charge in [-0.25, -0.2) is 0 Å². The molecule has 1 atom stereocenters. The van der Waals surface area contributed by atoms with Crippen LogP contribution in [0.15, 0.2) is 60.7 Å². The lowest BCUT2D eigenvalue weighted by molar-refractivity contribution is -0.137. The Kier molecular flexibility index (Phi) is 9.47. The smallest absolute Gasteiger partial charge is 0.303 e. The summed E-state index contributed by atoms with van der Waals surface area (Å²) in [5.74, 6) is -0.738. The Morgan fingerprint density at radius 3 is 2.08 bits per heavy atom. The Balaban J connectivity index is 1.72. The Morgan fingerprint density at radius 1 is 0.846 bits per heavy atom. The van der Waals surface area contributed by atoms with Crippen LogP contribution in [0.1, 0.15) is 43.2 Å². The quantitative estimate of drug-likeness (QED) is 0.523. The molecule has 1 unspecified atom stereocenters. The van der Waals surface area contributed by atoms with Gasteiger partial charge in [0.05, 0.1) is 19.3 Å². The van der Waals surface area contributed by atoms with Crippen molar-refractivity contribution >= 4 is 5.97 Å². The zero-order chi connectivity index (χ0) is 18.5. The maximum absolute atomic E-state index is 10.6. The summed E-state index contributed by atoms with van der Waals surface area (Å²) in [5, 5.41) is 8.76. The first kappa shape index (κ1) is 20.1. The summed E-state index contributed by atoms with van der Waals surface area (Å²) in [6, 6.07) is 20.2. The third-order valence-corrected chi connectivity index (χ3v) is 4.19. The van der Waals surface area contributed by atoms with Crippen LogP contribution in [0.2, 0.25) is 0 Å². The van der Waals surface area contributed by atoms with E-state index in [1.54, 1.807) is 0 Å². The van der Waals surface area contributed by atoms with E-state index in [4.69, 9.17) is 14.6 Å². The van der Waals surface area contributed by atoms with Crippen molar-refractivity contribution in [1.82, 2.24) is 0 Å². The van der Waals surface area contributed by atoms with E-state index in [9.17, 15) is 4.79 Å². The van der Waals surface area contributed by atoms with Gasteiger partial charge in [0.2, 0.25) is 0 Å². The molecule has 0 aliphatic carbocycles. The molecule has 0 amide bonds. The van der Waals surface area contributed by atoms with Crippen LogP contribution in [0.25, 0.3) is 0 Å². The van der Waals surface area contributed by atoms with Crippen LogP contribution >= 0.6 is 0 Å². The van der Waals surface area contributed by atoms with Crippen molar-refractivity contribution in [2.24, 2.45) is 0 Å². The van der Waals surface area contributed by atoms with Crippen LogP contribution in [0.5, 0.6) is 0 Å². The minimum absolute atomic E-state index is 0.0831. The monoisotopic (exact) mass is 356 g/mol. The highest BCUT2D eigenvalue weighted by Gasteiger charge is 2.10. The average Bonchev–Trinajstić information content (AvgIpc) is 2.67. The van der Waals surface area contributed by atoms with Crippen molar-refractivity contribution in [3.63, 3.8) is 0 Å². The van der Waals surface area contributed by atoms with Gasteiger partial charge in [-0.15, -0.1) is 0 Å². The topological polar surface area (TPSA) is 55.8 Å². The second-order valence-electron chi connectivity index (χ2n) is 6.38. The summed E-state index contributed by atoms with van der Waals surface area (Å²) in [4.78, 5) is 10.6. The minimum atomic E-state index is -0.738. The fourth-order valence-electron chi connectivity index (χ4n) is 2.73. The summed E-state index contributed by atoms with van der Waals surface area (Å²) in [6.07, 6.45) is 3.51. The van der Waals surface area contributed by atoms with Gasteiger partial charge in [-0.1, -0.05) is 67.1 Å². The van der Waals surface area contributed by atoms with Gasteiger partial charge in [-0.05, 0) is 30.4 Å². The molecule has 4 heteroatoms. The predicted molar refractivity (Wildman–Crippen MR) is 102 cm³/mol. The van der Waals surface area contributed by atoms with E-state index in [1.165, 1.54) is 0 Å². The van der Waals surface area contributed by atoms with Crippen molar-refractivity contribution in [2.45, 2.75) is 51.4 Å². The fourth-order valence-corrected chi connectivity index (χ4v) is 2.73. The lowest BCUT2D eigenvalue weighted by Gasteiger charge is -2.18. The lowest BCUT2D eigenvalue weighted by atomic mass is 10.1. The minimum Gasteiger partial charge on any atom is -0.481 e. The number of hydrogen-bond acceptors (Lipinski definition) is 3. The molecule has 140 valence electrons. The van der Waals surface area contributed by atoms with Crippen LogP contribution in [0.3, 0.4) is 0 Å². The maximum Gasteiger partial charge on any atom is 0.303 e. The number of carbonyl (C=O) groups is 1. The second-order valence-corrected chi connectivity index (χ2v) is 6.38. The van der Waals surface area contributed by atoms with E-state index in [0.29, 0.717) is 26.2 Å². The summed E-state index contributed by atoms with van der Waals surface area (Å²) in [6.45, 7) is 1.81. The number of ether oxygens (including phenoxy) is 2. The number of unbranched alkanes of at least 4 members (excludes halogenated alkanes) is 1. The maximum atomic E-state index is 10.6. The van der Waals surface area contributed by atoms with Crippen LogP contribution in [0, 0.1) is 0 Å². The summed E-state index contributed by atoms with van der Waals surface area (Å²) < 4.78 is 11.8. The molecule has 0 aliphatic rings.